The zero-order chi connectivity index (χ0) is 45.3. The Hall–Kier alpha value is -7.08. The highest BCUT2D eigenvalue weighted by Gasteiger charge is 2.50. The molecule has 0 spiro atoms. The lowest BCUT2D eigenvalue weighted by atomic mass is 9.93. The number of nitrogens with zero attached hydrogens (tertiary/aromatic N) is 1. The smallest absolute Gasteiger partial charge is 0.338 e. The Morgan fingerprint density at radius 3 is 1.58 bits per heavy atom. The zero-order valence-electron chi connectivity index (χ0n) is 35.9. The fourth-order valence-corrected chi connectivity index (χ4v) is 7.40. The molecule has 332 valence electrons. The van der Waals surface area contributed by atoms with Crippen LogP contribution in [0.4, 0.5) is 0 Å². The molecule has 2 atom stereocenters. The monoisotopic (exact) mass is 867 g/mol. The quantitative estimate of drug-likeness (QED) is 0.0138. The van der Waals surface area contributed by atoms with E-state index in [1.165, 1.54) is 0 Å². The van der Waals surface area contributed by atoms with Gasteiger partial charge in [0.1, 0.15) is 11.5 Å². The lowest BCUT2D eigenvalue weighted by Crippen LogP contribution is -2.33. The lowest BCUT2D eigenvalue weighted by molar-refractivity contribution is -0.142. The number of amides is 2. The minimum Gasteiger partial charge on any atom is -0.494 e. The molecule has 0 unspecified atom stereocenters. The van der Waals surface area contributed by atoms with Gasteiger partial charge in [-0.2, -0.15) is 0 Å². The molecule has 0 radical (unpaired) electrons. The van der Waals surface area contributed by atoms with Crippen molar-refractivity contribution in [3.05, 3.63) is 145 Å². The third-order valence-electron chi connectivity index (χ3n) is 10.9. The van der Waals surface area contributed by atoms with Crippen LogP contribution in [-0.2, 0) is 39.9 Å². The molecule has 12 nitrogen and oxygen atoms in total. The largest absolute Gasteiger partial charge is 0.494 e. The van der Waals surface area contributed by atoms with E-state index >= 15 is 0 Å². The molecule has 1 aliphatic rings. The van der Waals surface area contributed by atoms with Crippen molar-refractivity contribution < 1.29 is 52.5 Å². The van der Waals surface area contributed by atoms with Crippen molar-refractivity contribution in [1.29, 1.82) is 0 Å². The first kappa shape index (κ1) is 46.4. The number of rotatable bonds is 25. The summed E-state index contributed by atoms with van der Waals surface area (Å²) < 4.78 is 27.8. The van der Waals surface area contributed by atoms with Crippen molar-refractivity contribution in [1.82, 2.24) is 4.90 Å². The number of hydrogen-bond donors (Lipinski definition) is 0. The van der Waals surface area contributed by atoms with Gasteiger partial charge in [0, 0.05) is 24.1 Å². The summed E-state index contributed by atoms with van der Waals surface area (Å²) in [7, 11) is 0. The molecule has 12 heteroatoms. The van der Waals surface area contributed by atoms with Crippen LogP contribution in [0.15, 0.2) is 128 Å². The van der Waals surface area contributed by atoms with Gasteiger partial charge in [-0.15, -0.1) is 0 Å². The summed E-state index contributed by atoms with van der Waals surface area (Å²) in [6.07, 6.45) is 7.32. The number of Topliss-reactive ketones (excluding diaryl/α,β-unsaturated/α-hetero) is 1. The maximum absolute atomic E-state index is 14.0. The van der Waals surface area contributed by atoms with E-state index in [2.05, 4.69) is 13.2 Å². The van der Waals surface area contributed by atoms with E-state index in [1.807, 2.05) is 48.5 Å². The predicted octanol–water partition coefficient (Wildman–Crippen LogP) is 9.31. The van der Waals surface area contributed by atoms with Gasteiger partial charge in [0.2, 0.25) is 5.91 Å². The van der Waals surface area contributed by atoms with E-state index in [4.69, 9.17) is 23.7 Å². The number of esters is 3. The summed E-state index contributed by atoms with van der Waals surface area (Å²) in [6, 6.07) is 30.4. The summed E-state index contributed by atoms with van der Waals surface area (Å²) in [5.41, 5.74) is 1.26. The molecule has 1 fully saturated rings. The van der Waals surface area contributed by atoms with Crippen LogP contribution in [0.2, 0.25) is 0 Å². The number of ketones is 1. The number of unbranched alkanes of at least 4 members (excludes halogenated alkanes) is 6. The minimum absolute atomic E-state index is 0.0293. The molecule has 0 bridgehead atoms. The third kappa shape index (κ3) is 13.0. The van der Waals surface area contributed by atoms with Gasteiger partial charge in [-0.25, -0.2) is 14.4 Å². The molecular formula is C52H53NO11. The van der Waals surface area contributed by atoms with Crippen LogP contribution in [0.3, 0.4) is 0 Å². The fraction of sp³-hybridized carbons (Fsp3) is 0.308. The summed E-state index contributed by atoms with van der Waals surface area (Å²) in [5.74, 6) is -3.12. The predicted molar refractivity (Wildman–Crippen MR) is 242 cm³/mol. The maximum Gasteiger partial charge on any atom is 0.338 e. The second-order valence-electron chi connectivity index (χ2n) is 15.5. The number of likely N-dealkylation sites (tertiary alicyclic amines) is 1. The minimum atomic E-state index is -1.50. The molecule has 0 saturated carbocycles. The highest BCUT2D eigenvalue weighted by atomic mass is 16.6. The lowest BCUT2D eigenvalue weighted by Gasteiger charge is -2.16. The van der Waals surface area contributed by atoms with E-state index in [-0.39, 0.29) is 24.3 Å². The number of ether oxygens (including phenoxy) is 5. The van der Waals surface area contributed by atoms with E-state index in [9.17, 15) is 28.8 Å². The van der Waals surface area contributed by atoms with Gasteiger partial charge < -0.3 is 23.7 Å². The molecule has 1 aliphatic heterocycles. The Morgan fingerprint density at radius 2 is 1.03 bits per heavy atom. The molecule has 5 aromatic rings. The van der Waals surface area contributed by atoms with Gasteiger partial charge >= 0.3 is 17.9 Å². The third-order valence-corrected chi connectivity index (χ3v) is 10.9. The molecule has 64 heavy (non-hydrogen) atoms. The standard InChI is InChI=1S/C52H53NO11/c1-3-47(55)62-28-14-7-5-12-26-60-43-24-22-37-30-41(20-18-39(37)32-43)46(54)34-45-49(51(58)53(50(45)57)35-36-16-10-9-11-17-36)64-52(59)42-21-19-40-33-44(25-23-38(40)31-42)61-27-13-6-8-15-29-63-48(56)4-2/h3-4,9-11,16-25,30-33,45,49H,1-2,5-8,12-15,26-29,34-35H2/t45-,49-/m1/s1. The van der Waals surface area contributed by atoms with Crippen LogP contribution in [-0.4, -0.2) is 72.9 Å². The highest BCUT2D eigenvalue weighted by molar-refractivity contribution is 6.11. The number of fused-ring (bicyclic) bond motifs is 2. The second kappa shape index (κ2) is 23.4. The second-order valence-corrected chi connectivity index (χ2v) is 15.5. The first-order valence-electron chi connectivity index (χ1n) is 21.7. The molecule has 1 heterocycles. The van der Waals surface area contributed by atoms with Crippen molar-refractivity contribution in [2.24, 2.45) is 5.92 Å². The van der Waals surface area contributed by atoms with E-state index in [1.54, 1.807) is 54.6 Å². The van der Waals surface area contributed by atoms with Gasteiger partial charge in [0.25, 0.3) is 5.91 Å². The Labute approximate surface area is 372 Å². The molecule has 2 amide bonds. The van der Waals surface area contributed by atoms with Crippen molar-refractivity contribution in [2.45, 2.75) is 70.4 Å². The van der Waals surface area contributed by atoms with E-state index in [0.29, 0.717) is 49.1 Å². The van der Waals surface area contributed by atoms with Crippen LogP contribution >= 0.6 is 0 Å². The van der Waals surface area contributed by atoms with Crippen molar-refractivity contribution >= 4 is 57.1 Å². The number of imide groups is 1. The van der Waals surface area contributed by atoms with Crippen molar-refractivity contribution in [3.8, 4) is 11.5 Å². The van der Waals surface area contributed by atoms with Crippen molar-refractivity contribution in [3.63, 3.8) is 0 Å². The van der Waals surface area contributed by atoms with Crippen LogP contribution in [0.5, 0.6) is 11.5 Å². The molecule has 0 aliphatic carbocycles. The first-order valence-corrected chi connectivity index (χ1v) is 21.7. The first-order chi connectivity index (χ1) is 31.1. The van der Waals surface area contributed by atoms with Crippen LogP contribution in [0.25, 0.3) is 21.5 Å². The van der Waals surface area contributed by atoms with Gasteiger partial charge in [0.15, 0.2) is 11.9 Å². The van der Waals surface area contributed by atoms with Gasteiger partial charge in [-0.3, -0.25) is 19.3 Å². The Morgan fingerprint density at radius 1 is 0.547 bits per heavy atom. The summed E-state index contributed by atoms with van der Waals surface area (Å²) in [5, 5.41) is 3.23. The number of benzene rings is 5. The molecular weight excluding hydrogens is 815 g/mol. The SMILES string of the molecule is C=CC(=O)OCCCCCCOc1ccc2cc(C(=O)C[C@H]3C(=O)N(Cc4ccccc4)C(=O)[C@@H]3OC(=O)c3ccc4cc(OCCCCCCOC(=O)C=C)ccc4c3)ccc2c1. The topological polar surface area (TPSA) is 152 Å². The van der Waals surface area contributed by atoms with Crippen LogP contribution in [0, 0.1) is 5.92 Å². The number of hydrogen-bond acceptors (Lipinski definition) is 11. The Kier molecular flexibility index (Phi) is 17.0. The van der Waals surface area contributed by atoms with E-state index in [0.717, 1.165) is 90.0 Å². The van der Waals surface area contributed by atoms with Gasteiger partial charge in [0.05, 0.1) is 44.5 Å². The molecule has 6 rings (SSSR count). The van der Waals surface area contributed by atoms with Crippen LogP contribution in [0.1, 0.15) is 84.1 Å². The van der Waals surface area contributed by atoms with Gasteiger partial charge in [-0.1, -0.05) is 73.8 Å². The fourth-order valence-electron chi connectivity index (χ4n) is 7.40. The number of carbonyl (C=O) groups is 6. The average molecular weight is 868 g/mol. The van der Waals surface area contributed by atoms with Crippen molar-refractivity contribution in [2.75, 3.05) is 26.4 Å². The molecule has 0 N–H and O–H groups in total. The van der Waals surface area contributed by atoms with Crippen LogP contribution < -0.4 is 9.47 Å². The maximum atomic E-state index is 14.0. The Bertz CT molecular complexity index is 2330. The number of carbonyl (C=O) groups excluding carboxylic acids is 6. The highest BCUT2D eigenvalue weighted by Crippen LogP contribution is 2.32. The zero-order valence-corrected chi connectivity index (χ0v) is 35.9. The molecule has 5 aromatic carbocycles. The molecule has 0 aromatic heterocycles. The molecule has 1 saturated heterocycles. The average Bonchev–Trinajstić information content (AvgIpc) is 3.52. The Balaban J connectivity index is 1.07. The summed E-state index contributed by atoms with van der Waals surface area (Å²) in [4.78, 5) is 78.8. The summed E-state index contributed by atoms with van der Waals surface area (Å²) >= 11 is 0. The van der Waals surface area contributed by atoms with Gasteiger partial charge in [-0.05, 0) is 121 Å². The van der Waals surface area contributed by atoms with E-state index < -0.39 is 41.7 Å². The summed E-state index contributed by atoms with van der Waals surface area (Å²) in [6.45, 7) is 8.51. The normalized spacial score (nSPS) is 14.6.